The van der Waals surface area contributed by atoms with E-state index in [9.17, 15) is 9.59 Å². The number of rotatable bonds is 5. The third-order valence-corrected chi connectivity index (χ3v) is 8.42. The highest BCUT2D eigenvalue weighted by Gasteiger charge is 2.23. The van der Waals surface area contributed by atoms with Gasteiger partial charge >= 0.3 is 0 Å². The zero-order chi connectivity index (χ0) is 22.1. The summed E-state index contributed by atoms with van der Waals surface area (Å²) in [4.78, 5) is 43.5. The Morgan fingerprint density at radius 1 is 1.22 bits per heavy atom. The van der Waals surface area contributed by atoms with E-state index in [1.807, 2.05) is 17.0 Å². The third-order valence-electron chi connectivity index (χ3n) is 6.01. The van der Waals surface area contributed by atoms with Gasteiger partial charge in [0, 0.05) is 37.3 Å². The average molecular weight is 490 g/mol. The van der Waals surface area contributed by atoms with Gasteiger partial charge in [-0.05, 0) is 43.4 Å². The van der Waals surface area contributed by atoms with Crippen LogP contribution in [0.2, 0.25) is 5.02 Å². The number of aromatic nitrogens is 3. The van der Waals surface area contributed by atoms with E-state index < -0.39 is 0 Å². The Morgan fingerprint density at radius 3 is 2.84 bits per heavy atom. The van der Waals surface area contributed by atoms with Crippen molar-refractivity contribution in [2.75, 3.05) is 36.8 Å². The number of piperazine rings is 1. The van der Waals surface area contributed by atoms with Gasteiger partial charge in [-0.25, -0.2) is 9.97 Å². The highest BCUT2D eigenvalue weighted by Crippen LogP contribution is 2.33. The fourth-order valence-corrected chi connectivity index (χ4v) is 6.69. The number of anilines is 1. The predicted molar refractivity (Wildman–Crippen MR) is 131 cm³/mol. The Morgan fingerprint density at radius 2 is 2.03 bits per heavy atom. The van der Waals surface area contributed by atoms with Gasteiger partial charge in [-0.15, -0.1) is 23.1 Å². The molecule has 1 aliphatic carbocycles. The topological polar surface area (TPSA) is 82.2 Å². The van der Waals surface area contributed by atoms with Gasteiger partial charge in [0.2, 0.25) is 5.91 Å². The molecule has 3 aromatic rings. The van der Waals surface area contributed by atoms with Crippen LogP contribution in [0.3, 0.4) is 0 Å². The van der Waals surface area contributed by atoms with Gasteiger partial charge in [0.25, 0.3) is 5.56 Å². The van der Waals surface area contributed by atoms with Crippen molar-refractivity contribution in [1.29, 1.82) is 0 Å². The molecule has 1 aliphatic heterocycles. The molecule has 0 aromatic carbocycles. The van der Waals surface area contributed by atoms with Crippen LogP contribution in [-0.2, 0) is 23.4 Å². The van der Waals surface area contributed by atoms with Gasteiger partial charge in [-0.3, -0.25) is 9.59 Å². The lowest BCUT2D eigenvalue weighted by Gasteiger charge is -2.35. The molecule has 1 fully saturated rings. The summed E-state index contributed by atoms with van der Waals surface area (Å²) in [6.07, 6.45) is 6.08. The predicted octanol–water partition coefficient (Wildman–Crippen LogP) is 3.49. The summed E-state index contributed by atoms with van der Waals surface area (Å²) in [5.41, 5.74) is 1.16. The maximum Gasteiger partial charge on any atom is 0.259 e. The van der Waals surface area contributed by atoms with Crippen molar-refractivity contribution in [1.82, 2.24) is 19.9 Å². The number of halogens is 1. The molecular formula is C22H24ClN5O2S2. The number of aryl methyl sites for hydroxylation is 2. The number of carbonyl (C=O) groups excluding carboxylic acids is 1. The Balaban J connectivity index is 1.16. The highest BCUT2D eigenvalue weighted by molar-refractivity contribution is 7.99. The summed E-state index contributed by atoms with van der Waals surface area (Å²) in [5.74, 6) is 2.41. The van der Waals surface area contributed by atoms with Crippen molar-refractivity contribution in [2.45, 2.75) is 31.4 Å². The Kier molecular flexibility index (Phi) is 6.39. The van der Waals surface area contributed by atoms with Gasteiger partial charge in [0.15, 0.2) is 0 Å². The molecule has 3 aromatic heterocycles. The van der Waals surface area contributed by atoms with Crippen LogP contribution in [0.1, 0.15) is 29.1 Å². The monoisotopic (exact) mass is 489 g/mol. The van der Waals surface area contributed by atoms with Gasteiger partial charge in [-0.1, -0.05) is 11.6 Å². The van der Waals surface area contributed by atoms with E-state index in [-0.39, 0.29) is 11.5 Å². The first-order chi connectivity index (χ1) is 15.6. The van der Waals surface area contributed by atoms with Crippen LogP contribution in [-0.4, -0.2) is 57.7 Å². The van der Waals surface area contributed by atoms with Crippen molar-refractivity contribution >= 4 is 56.6 Å². The molecule has 1 amide bonds. The maximum atomic E-state index is 12.7. The summed E-state index contributed by atoms with van der Waals surface area (Å²) < 4.78 is 0. The molecule has 4 heterocycles. The fourth-order valence-electron chi connectivity index (χ4n) is 4.38. The smallest absolute Gasteiger partial charge is 0.259 e. The van der Waals surface area contributed by atoms with Crippen LogP contribution in [0.15, 0.2) is 23.1 Å². The molecule has 0 atom stereocenters. The number of fused-ring (bicyclic) bond motifs is 3. The van der Waals surface area contributed by atoms with Crippen molar-refractivity contribution < 1.29 is 4.79 Å². The third kappa shape index (κ3) is 4.38. The molecule has 0 saturated carbocycles. The normalized spacial score (nSPS) is 16.4. The zero-order valence-corrected chi connectivity index (χ0v) is 20.0. The van der Waals surface area contributed by atoms with Crippen molar-refractivity contribution in [2.24, 2.45) is 0 Å². The number of thioether (sulfide) groups is 1. The quantitative estimate of drug-likeness (QED) is 0.590. The summed E-state index contributed by atoms with van der Waals surface area (Å²) in [6, 6.07) is 3.65. The molecule has 5 rings (SSSR count). The van der Waals surface area contributed by atoms with E-state index in [0.29, 0.717) is 48.5 Å². The van der Waals surface area contributed by atoms with Crippen LogP contribution in [0.4, 0.5) is 5.82 Å². The number of amides is 1. The molecule has 0 bridgehead atoms. The molecule has 0 radical (unpaired) electrons. The van der Waals surface area contributed by atoms with Crippen LogP contribution in [0.25, 0.3) is 10.2 Å². The number of carbonyl (C=O) groups is 1. The van der Waals surface area contributed by atoms with E-state index in [1.165, 1.54) is 28.6 Å². The van der Waals surface area contributed by atoms with Crippen molar-refractivity contribution in [3.05, 3.63) is 50.0 Å². The molecule has 2 aliphatic rings. The van der Waals surface area contributed by atoms with Gasteiger partial charge in [0.1, 0.15) is 16.5 Å². The standard InChI is InChI=1S/C22H24ClN5O2S2/c23-15-5-3-7-24-20(15)28-10-8-27(9-11-28)18(29)13-31-12-17-25-21(30)19-14-4-1-2-6-16(14)32-22(19)26-17/h3,5,7H,1-2,4,6,8-13H2,(H,25,26,30). The summed E-state index contributed by atoms with van der Waals surface area (Å²) in [5, 5.41) is 1.41. The first-order valence-corrected chi connectivity index (χ1v) is 13.2. The molecule has 168 valence electrons. The fraction of sp³-hybridized carbons (Fsp3) is 0.455. The van der Waals surface area contributed by atoms with Crippen molar-refractivity contribution in [3.8, 4) is 0 Å². The van der Waals surface area contributed by atoms with Crippen molar-refractivity contribution in [3.63, 3.8) is 0 Å². The summed E-state index contributed by atoms with van der Waals surface area (Å²) in [6.45, 7) is 2.71. The Labute approximate surface area is 199 Å². The molecule has 10 heteroatoms. The first kappa shape index (κ1) is 21.7. The van der Waals surface area contributed by atoms with E-state index >= 15 is 0 Å². The number of thiophene rings is 1. The van der Waals surface area contributed by atoms with Crippen LogP contribution in [0, 0.1) is 0 Å². The number of pyridine rings is 1. The van der Waals surface area contributed by atoms with Crippen LogP contribution in [0.5, 0.6) is 0 Å². The van der Waals surface area contributed by atoms with E-state index in [2.05, 4.69) is 14.9 Å². The lowest BCUT2D eigenvalue weighted by atomic mass is 9.97. The molecule has 0 spiro atoms. The SMILES string of the molecule is O=C(CSCc1nc2sc3c(c2c(=O)[nH]1)CCCC3)N1CCN(c2ncccc2Cl)CC1. The second kappa shape index (κ2) is 9.41. The van der Waals surface area contributed by atoms with Gasteiger partial charge in [0.05, 0.1) is 21.9 Å². The number of nitrogens with zero attached hydrogens (tertiary/aromatic N) is 4. The van der Waals surface area contributed by atoms with E-state index in [0.717, 1.165) is 35.3 Å². The lowest BCUT2D eigenvalue weighted by molar-refractivity contribution is -0.128. The zero-order valence-electron chi connectivity index (χ0n) is 17.6. The molecule has 1 N–H and O–H groups in total. The summed E-state index contributed by atoms with van der Waals surface area (Å²) in [7, 11) is 0. The van der Waals surface area contributed by atoms with Gasteiger partial charge in [-0.2, -0.15) is 0 Å². The maximum absolute atomic E-state index is 12.7. The van der Waals surface area contributed by atoms with Crippen LogP contribution < -0.4 is 10.5 Å². The number of aromatic amines is 1. The second-order valence-corrected chi connectivity index (χ2v) is 10.5. The lowest BCUT2D eigenvalue weighted by Crippen LogP contribution is -2.49. The minimum Gasteiger partial charge on any atom is -0.352 e. The molecule has 7 nitrogen and oxygen atoms in total. The number of hydrogen-bond acceptors (Lipinski definition) is 7. The average Bonchev–Trinajstić information content (AvgIpc) is 3.18. The Hall–Kier alpha value is -2.10. The number of H-pyrrole nitrogens is 1. The minimum atomic E-state index is -0.0411. The Bertz CT molecular complexity index is 1200. The van der Waals surface area contributed by atoms with E-state index in [1.54, 1.807) is 17.5 Å². The molecule has 32 heavy (non-hydrogen) atoms. The minimum absolute atomic E-state index is 0.0411. The second-order valence-electron chi connectivity index (χ2n) is 8.07. The molecule has 1 saturated heterocycles. The van der Waals surface area contributed by atoms with Crippen LogP contribution >= 0.6 is 34.7 Å². The number of hydrogen-bond donors (Lipinski definition) is 1. The van der Waals surface area contributed by atoms with E-state index in [4.69, 9.17) is 16.6 Å². The largest absolute Gasteiger partial charge is 0.352 e. The summed E-state index contributed by atoms with van der Waals surface area (Å²) >= 11 is 9.39. The molecule has 0 unspecified atom stereocenters. The first-order valence-electron chi connectivity index (χ1n) is 10.8. The highest BCUT2D eigenvalue weighted by atomic mass is 35.5. The molecular weight excluding hydrogens is 466 g/mol. The number of nitrogens with one attached hydrogen (secondary N) is 1. The van der Waals surface area contributed by atoms with Gasteiger partial charge < -0.3 is 14.8 Å².